The summed E-state index contributed by atoms with van der Waals surface area (Å²) in [4.78, 5) is 20.9. The number of rotatable bonds is 5. The van der Waals surface area contributed by atoms with Crippen LogP contribution in [-0.2, 0) is 16.0 Å². The summed E-state index contributed by atoms with van der Waals surface area (Å²) >= 11 is 0. The van der Waals surface area contributed by atoms with Crippen LogP contribution in [0.5, 0.6) is 0 Å². The maximum absolute atomic E-state index is 10.5. The minimum absolute atomic E-state index is 0.0506. The van der Waals surface area contributed by atoms with E-state index in [9.17, 15) is 14.7 Å². The molecule has 1 aromatic carbocycles. The molecule has 17 heavy (non-hydrogen) atoms. The van der Waals surface area contributed by atoms with Crippen molar-refractivity contribution in [3.05, 3.63) is 29.3 Å². The number of nitrogen functional groups attached to an aromatic ring is 1. The van der Waals surface area contributed by atoms with E-state index in [2.05, 4.69) is 0 Å². The standard InChI is InChI=1S/C11H13NO5/c12-8-5-7(10(15)11(16)17)2-1-6(8)3-4-9(13)14/h1-2,5,10,15H,3-4,12H2,(H,13,14)(H,16,17). The molecule has 0 amide bonds. The first-order chi connectivity index (χ1) is 7.91. The Labute approximate surface area is 97.3 Å². The van der Waals surface area contributed by atoms with Crippen LogP contribution in [0.25, 0.3) is 0 Å². The molecular weight excluding hydrogens is 226 g/mol. The number of nitrogens with two attached hydrogens (primary N) is 1. The van der Waals surface area contributed by atoms with Crippen molar-refractivity contribution in [2.75, 3.05) is 5.73 Å². The molecule has 0 aliphatic carbocycles. The number of aliphatic carboxylic acids is 2. The van der Waals surface area contributed by atoms with E-state index in [-0.39, 0.29) is 24.1 Å². The molecule has 6 heteroatoms. The van der Waals surface area contributed by atoms with Crippen molar-refractivity contribution in [3.63, 3.8) is 0 Å². The number of carboxylic acids is 2. The fraction of sp³-hybridized carbons (Fsp3) is 0.273. The lowest BCUT2D eigenvalue weighted by Crippen LogP contribution is -2.11. The second-order valence-corrected chi connectivity index (χ2v) is 3.59. The van der Waals surface area contributed by atoms with Crippen LogP contribution in [0.2, 0.25) is 0 Å². The van der Waals surface area contributed by atoms with Crippen LogP contribution < -0.4 is 5.73 Å². The van der Waals surface area contributed by atoms with Gasteiger partial charge in [0.1, 0.15) is 0 Å². The number of aliphatic hydroxyl groups is 1. The average Bonchev–Trinajstić information content (AvgIpc) is 2.26. The van der Waals surface area contributed by atoms with Crippen molar-refractivity contribution in [3.8, 4) is 0 Å². The van der Waals surface area contributed by atoms with Gasteiger partial charge in [-0.2, -0.15) is 0 Å². The molecule has 0 radical (unpaired) electrons. The normalized spacial score (nSPS) is 12.1. The van der Waals surface area contributed by atoms with Crippen molar-refractivity contribution in [1.29, 1.82) is 0 Å². The van der Waals surface area contributed by atoms with Crippen molar-refractivity contribution in [2.24, 2.45) is 0 Å². The lowest BCUT2D eigenvalue weighted by Gasteiger charge is -2.09. The number of aryl methyl sites for hydroxylation is 1. The Morgan fingerprint density at radius 3 is 2.41 bits per heavy atom. The first kappa shape index (κ1) is 13.0. The molecule has 0 aliphatic heterocycles. The fourth-order valence-electron chi connectivity index (χ4n) is 1.40. The Kier molecular flexibility index (Phi) is 4.06. The van der Waals surface area contributed by atoms with Gasteiger partial charge in [0.15, 0.2) is 6.10 Å². The molecule has 0 spiro atoms. The third kappa shape index (κ3) is 3.46. The highest BCUT2D eigenvalue weighted by Gasteiger charge is 2.16. The van der Waals surface area contributed by atoms with Crippen molar-refractivity contribution >= 4 is 17.6 Å². The van der Waals surface area contributed by atoms with Crippen molar-refractivity contribution < 1.29 is 24.9 Å². The molecule has 0 heterocycles. The van der Waals surface area contributed by atoms with Crippen LogP contribution in [0.3, 0.4) is 0 Å². The summed E-state index contributed by atoms with van der Waals surface area (Å²) in [5.74, 6) is -2.29. The van der Waals surface area contributed by atoms with Crippen LogP contribution in [0.4, 0.5) is 5.69 Å². The zero-order valence-corrected chi connectivity index (χ0v) is 8.96. The molecule has 1 unspecified atom stereocenters. The minimum Gasteiger partial charge on any atom is -0.481 e. The van der Waals surface area contributed by atoms with Gasteiger partial charge in [-0.25, -0.2) is 4.79 Å². The largest absolute Gasteiger partial charge is 0.481 e. The monoisotopic (exact) mass is 239 g/mol. The highest BCUT2D eigenvalue weighted by molar-refractivity contribution is 5.74. The molecule has 6 nitrogen and oxygen atoms in total. The summed E-state index contributed by atoms with van der Waals surface area (Å²) in [5, 5.41) is 26.4. The second kappa shape index (κ2) is 5.31. The molecule has 1 rings (SSSR count). The summed E-state index contributed by atoms with van der Waals surface area (Å²) in [7, 11) is 0. The van der Waals surface area contributed by atoms with Gasteiger partial charge in [-0.3, -0.25) is 4.79 Å². The molecule has 0 saturated carbocycles. The van der Waals surface area contributed by atoms with Crippen molar-refractivity contribution in [2.45, 2.75) is 18.9 Å². The molecule has 0 saturated heterocycles. The molecule has 5 N–H and O–H groups in total. The minimum atomic E-state index is -1.62. The van der Waals surface area contributed by atoms with E-state index in [4.69, 9.17) is 15.9 Å². The summed E-state index contributed by atoms with van der Waals surface area (Å²) < 4.78 is 0. The van der Waals surface area contributed by atoms with Crippen LogP contribution in [0, 0.1) is 0 Å². The Morgan fingerprint density at radius 1 is 1.29 bits per heavy atom. The van der Waals surface area contributed by atoms with Gasteiger partial charge in [0.2, 0.25) is 0 Å². The molecule has 0 bridgehead atoms. The molecule has 92 valence electrons. The summed E-state index contributed by atoms with van der Waals surface area (Å²) in [6.45, 7) is 0. The van der Waals surface area contributed by atoms with Crippen molar-refractivity contribution in [1.82, 2.24) is 0 Å². The topological polar surface area (TPSA) is 121 Å². The third-order valence-corrected chi connectivity index (χ3v) is 2.33. The zero-order chi connectivity index (χ0) is 13.0. The van der Waals surface area contributed by atoms with E-state index in [0.29, 0.717) is 5.56 Å². The molecule has 1 atom stereocenters. The Bertz CT molecular complexity index is 443. The zero-order valence-electron chi connectivity index (χ0n) is 8.96. The first-order valence-corrected chi connectivity index (χ1v) is 4.92. The van der Waals surface area contributed by atoms with Gasteiger partial charge in [0.05, 0.1) is 0 Å². The predicted molar refractivity (Wildman–Crippen MR) is 59.4 cm³/mol. The maximum Gasteiger partial charge on any atom is 0.337 e. The van der Waals surface area contributed by atoms with E-state index in [1.807, 2.05) is 0 Å². The van der Waals surface area contributed by atoms with Gasteiger partial charge < -0.3 is 21.1 Å². The highest BCUT2D eigenvalue weighted by Crippen LogP contribution is 2.21. The van der Waals surface area contributed by atoms with E-state index in [1.54, 1.807) is 0 Å². The highest BCUT2D eigenvalue weighted by atomic mass is 16.4. The number of carboxylic acid groups (broad SMARTS) is 2. The SMILES string of the molecule is Nc1cc(C(O)C(=O)O)ccc1CCC(=O)O. The number of benzene rings is 1. The van der Waals surface area contributed by atoms with E-state index in [0.717, 1.165) is 0 Å². The average molecular weight is 239 g/mol. The summed E-state index contributed by atoms with van der Waals surface area (Å²) in [6.07, 6.45) is -1.40. The number of hydrogen-bond donors (Lipinski definition) is 4. The van der Waals surface area contributed by atoms with Crippen LogP contribution in [0.1, 0.15) is 23.7 Å². The smallest absolute Gasteiger partial charge is 0.337 e. The Hall–Kier alpha value is -2.08. The lowest BCUT2D eigenvalue weighted by molar-refractivity contribution is -0.147. The van der Waals surface area contributed by atoms with Gasteiger partial charge in [-0.15, -0.1) is 0 Å². The molecule has 0 fully saturated rings. The van der Waals surface area contributed by atoms with E-state index >= 15 is 0 Å². The van der Waals surface area contributed by atoms with Gasteiger partial charge in [-0.1, -0.05) is 12.1 Å². The van der Waals surface area contributed by atoms with Gasteiger partial charge in [0.25, 0.3) is 0 Å². The van der Waals surface area contributed by atoms with E-state index < -0.39 is 18.0 Å². The fourth-order valence-corrected chi connectivity index (χ4v) is 1.40. The number of hydrogen-bond acceptors (Lipinski definition) is 4. The predicted octanol–water partition coefficient (Wildman–Crippen LogP) is 0.404. The molecule has 0 aromatic heterocycles. The number of aliphatic hydroxyl groups excluding tert-OH is 1. The number of anilines is 1. The van der Waals surface area contributed by atoms with Crippen LogP contribution >= 0.6 is 0 Å². The summed E-state index contributed by atoms with van der Waals surface area (Å²) in [5.41, 5.74) is 6.72. The van der Waals surface area contributed by atoms with Crippen LogP contribution in [0.15, 0.2) is 18.2 Å². The maximum atomic E-state index is 10.5. The van der Waals surface area contributed by atoms with E-state index in [1.165, 1.54) is 18.2 Å². The third-order valence-electron chi connectivity index (χ3n) is 2.33. The molecule has 0 aliphatic rings. The number of carbonyl (C=O) groups is 2. The molecular formula is C11H13NO5. The van der Waals surface area contributed by atoms with Gasteiger partial charge in [-0.05, 0) is 23.6 Å². The first-order valence-electron chi connectivity index (χ1n) is 4.92. The summed E-state index contributed by atoms with van der Waals surface area (Å²) in [6, 6.07) is 4.29. The van der Waals surface area contributed by atoms with Gasteiger partial charge >= 0.3 is 11.9 Å². The Morgan fingerprint density at radius 2 is 1.94 bits per heavy atom. The molecule has 1 aromatic rings. The lowest BCUT2D eigenvalue weighted by atomic mass is 10.0. The second-order valence-electron chi connectivity index (χ2n) is 3.59. The quantitative estimate of drug-likeness (QED) is 0.552. The van der Waals surface area contributed by atoms with Crippen LogP contribution in [-0.4, -0.2) is 27.3 Å². The Balaban J connectivity index is 2.86. The van der Waals surface area contributed by atoms with Gasteiger partial charge in [0, 0.05) is 12.1 Å².